The molecule has 0 saturated carbocycles. The fourth-order valence-electron chi connectivity index (χ4n) is 2.97. The zero-order valence-corrected chi connectivity index (χ0v) is 17.4. The Morgan fingerprint density at radius 1 is 1.38 bits per heavy atom. The Hall–Kier alpha value is -1.35. The number of amides is 1. The fraction of sp³-hybridized carbons (Fsp3) is 0.389. The van der Waals surface area contributed by atoms with Crippen LogP contribution in [-0.2, 0) is 14.8 Å². The van der Waals surface area contributed by atoms with Gasteiger partial charge in [0.05, 0.1) is 16.6 Å². The lowest BCUT2D eigenvalue weighted by molar-refractivity contribution is -0.116. The molecule has 0 bridgehead atoms. The molecule has 5 nitrogen and oxygen atoms in total. The van der Waals surface area contributed by atoms with Crippen molar-refractivity contribution in [2.45, 2.75) is 48.3 Å². The molecule has 3 rings (SSSR count). The van der Waals surface area contributed by atoms with Crippen LogP contribution in [0.1, 0.15) is 38.1 Å². The molecule has 2 atom stereocenters. The quantitative estimate of drug-likeness (QED) is 0.808. The third-order valence-corrected chi connectivity index (χ3v) is 7.88. The minimum atomic E-state index is -3.68. The van der Waals surface area contributed by atoms with Crippen molar-refractivity contribution in [3.8, 4) is 0 Å². The van der Waals surface area contributed by atoms with Gasteiger partial charge in [0.2, 0.25) is 15.9 Å². The highest BCUT2D eigenvalue weighted by atomic mass is 32.2. The molecule has 0 aliphatic carbocycles. The van der Waals surface area contributed by atoms with Crippen molar-refractivity contribution in [2.75, 3.05) is 11.4 Å². The average molecular weight is 411 g/mol. The molecule has 1 amide bonds. The third-order valence-electron chi connectivity index (χ3n) is 4.27. The lowest BCUT2D eigenvalue weighted by Crippen LogP contribution is -2.37. The normalized spacial score (nSPS) is 18.4. The lowest BCUT2D eigenvalue weighted by Gasteiger charge is -2.32. The molecule has 1 aliphatic rings. The van der Waals surface area contributed by atoms with E-state index in [0.717, 1.165) is 9.77 Å². The average Bonchev–Trinajstić information content (AvgIpc) is 3.12. The first kappa shape index (κ1) is 19.4. The first-order valence-corrected chi connectivity index (χ1v) is 11.7. The molecule has 26 heavy (non-hydrogen) atoms. The van der Waals surface area contributed by atoms with Crippen LogP contribution >= 0.6 is 23.1 Å². The molecule has 0 saturated heterocycles. The van der Waals surface area contributed by atoms with Crippen molar-refractivity contribution >= 4 is 44.7 Å². The summed E-state index contributed by atoms with van der Waals surface area (Å²) in [6.45, 7) is 6.10. The van der Waals surface area contributed by atoms with Crippen LogP contribution in [-0.4, -0.2) is 26.1 Å². The van der Waals surface area contributed by atoms with Crippen molar-refractivity contribution < 1.29 is 13.2 Å². The second kappa shape index (κ2) is 7.72. The number of rotatable bonds is 5. The Kier molecular flexibility index (Phi) is 5.76. The predicted octanol–water partition coefficient (Wildman–Crippen LogP) is 4.02. The molecule has 0 spiro atoms. The molecule has 1 aromatic carbocycles. The molecule has 1 aromatic heterocycles. The van der Waals surface area contributed by atoms with Crippen LogP contribution in [0.3, 0.4) is 0 Å². The minimum absolute atomic E-state index is 0.0778. The second-order valence-electron chi connectivity index (χ2n) is 6.29. The van der Waals surface area contributed by atoms with Gasteiger partial charge in [-0.2, -0.15) is 0 Å². The summed E-state index contributed by atoms with van der Waals surface area (Å²) in [6, 6.07) is 8.62. The first-order valence-electron chi connectivity index (χ1n) is 8.46. The van der Waals surface area contributed by atoms with E-state index in [0.29, 0.717) is 18.7 Å². The number of benzene rings is 1. The summed E-state index contributed by atoms with van der Waals surface area (Å²) in [5.74, 6) is -0.0778. The Bertz CT molecular complexity index is 894. The summed E-state index contributed by atoms with van der Waals surface area (Å²) in [7, 11) is -3.68. The molecular formula is C18H22N2O3S3. The summed E-state index contributed by atoms with van der Waals surface area (Å²) >= 11 is 3.20. The highest BCUT2D eigenvalue weighted by molar-refractivity contribution is 8.00. The van der Waals surface area contributed by atoms with Crippen LogP contribution in [0.4, 0.5) is 5.69 Å². The number of fused-ring (bicyclic) bond motifs is 1. The molecular weight excluding hydrogens is 388 g/mol. The number of nitrogens with zero attached hydrogens (tertiary/aromatic N) is 1. The van der Waals surface area contributed by atoms with Gasteiger partial charge in [-0.05, 0) is 36.1 Å². The van der Waals surface area contributed by atoms with Crippen molar-refractivity contribution in [3.63, 3.8) is 0 Å². The van der Waals surface area contributed by atoms with E-state index in [1.165, 1.54) is 18.3 Å². The van der Waals surface area contributed by atoms with E-state index < -0.39 is 10.0 Å². The number of anilines is 1. The Labute approximate surface area is 162 Å². The van der Waals surface area contributed by atoms with Gasteiger partial charge in [-0.15, -0.1) is 23.1 Å². The summed E-state index contributed by atoms with van der Waals surface area (Å²) in [5, 5.41) is 2.21. The summed E-state index contributed by atoms with van der Waals surface area (Å²) in [4.78, 5) is 15.8. The summed E-state index contributed by atoms with van der Waals surface area (Å²) in [5.41, 5.74) is 0.674. The lowest BCUT2D eigenvalue weighted by atomic mass is 10.2. The molecule has 1 N–H and O–H groups in total. The van der Waals surface area contributed by atoms with Crippen LogP contribution in [0.15, 0.2) is 45.5 Å². The monoisotopic (exact) mass is 410 g/mol. The van der Waals surface area contributed by atoms with E-state index in [9.17, 15) is 13.2 Å². The SMILES string of the molecule is CC[C@H](NS(=O)(=O)c1ccc2c(c1)N(C(C)=O)C[C@@H](C)S2)c1cccs1. The van der Waals surface area contributed by atoms with Gasteiger partial charge in [-0.1, -0.05) is 19.9 Å². The number of thioether (sulfide) groups is 1. The number of carbonyl (C=O) groups excluding carboxylic acids is 1. The van der Waals surface area contributed by atoms with Crippen molar-refractivity contribution in [3.05, 3.63) is 40.6 Å². The van der Waals surface area contributed by atoms with Crippen LogP contribution in [0.25, 0.3) is 0 Å². The Morgan fingerprint density at radius 2 is 2.15 bits per heavy atom. The van der Waals surface area contributed by atoms with Crippen LogP contribution < -0.4 is 9.62 Å². The Morgan fingerprint density at radius 3 is 2.77 bits per heavy atom. The van der Waals surface area contributed by atoms with E-state index >= 15 is 0 Å². The maximum Gasteiger partial charge on any atom is 0.241 e. The van der Waals surface area contributed by atoms with Gasteiger partial charge < -0.3 is 4.90 Å². The number of hydrogen-bond acceptors (Lipinski definition) is 5. The molecule has 0 unspecified atom stereocenters. The van der Waals surface area contributed by atoms with Gasteiger partial charge in [0, 0.05) is 28.5 Å². The fourth-order valence-corrected chi connectivity index (χ4v) is 6.32. The van der Waals surface area contributed by atoms with Crippen molar-refractivity contribution in [1.29, 1.82) is 0 Å². The smallest absolute Gasteiger partial charge is 0.241 e. The zero-order chi connectivity index (χ0) is 18.9. The number of hydrogen-bond donors (Lipinski definition) is 1. The van der Waals surface area contributed by atoms with Crippen LogP contribution in [0, 0.1) is 0 Å². The predicted molar refractivity (Wildman–Crippen MR) is 107 cm³/mol. The minimum Gasteiger partial charge on any atom is -0.310 e. The third kappa shape index (κ3) is 3.98. The number of carbonyl (C=O) groups is 1. The second-order valence-corrected chi connectivity index (χ2v) is 10.5. The largest absolute Gasteiger partial charge is 0.310 e. The molecule has 0 fully saturated rings. The Balaban J connectivity index is 1.94. The zero-order valence-electron chi connectivity index (χ0n) is 14.9. The first-order chi connectivity index (χ1) is 12.3. The summed E-state index contributed by atoms with van der Waals surface area (Å²) < 4.78 is 28.6. The standard InChI is InChI=1S/C18H22N2O3S3/c1-4-15(17-6-5-9-24-17)19-26(22,23)14-7-8-18-16(10-14)20(13(3)21)11-12(2)25-18/h5-10,12,15,19H,4,11H2,1-3H3/t12-,15+/m1/s1. The van der Waals surface area contributed by atoms with Crippen molar-refractivity contribution in [2.24, 2.45) is 0 Å². The number of sulfonamides is 1. The highest BCUT2D eigenvalue weighted by Crippen LogP contribution is 2.40. The molecule has 1 aliphatic heterocycles. The summed E-state index contributed by atoms with van der Waals surface area (Å²) in [6.07, 6.45) is 0.664. The van der Waals surface area contributed by atoms with E-state index in [1.54, 1.807) is 34.9 Å². The van der Waals surface area contributed by atoms with E-state index in [1.807, 2.05) is 24.4 Å². The van der Waals surface area contributed by atoms with Gasteiger partial charge in [-0.3, -0.25) is 4.79 Å². The molecule has 2 aromatic rings. The van der Waals surface area contributed by atoms with Crippen molar-refractivity contribution in [1.82, 2.24) is 4.72 Å². The maximum atomic E-state index is 12.9. The number of nitrogens with one attached hydrogen (secondary N) is 1. The molecule has 0 radical (unpaired) electrons. The van der Waals surface area contributed by atoms with Gasteiger partial charge in [0.25, 0.3) is 0 Å². The van der Waals surface area contributed by atoms with E-state index in [-0.39, 0.29) is 22.1 Å². The van der Waals surface area contributed by atoms with Gasteiger partial charge in [-0.25, -0.2) is 13.1 Å². The molecule has 2 heterocycles. The maximum absolute atomic E-state index is 12.9. The topological polar surface area (TPSA) is 66.5 Å². The van der Waals surface area contributed by atoms with Crippen LogP contribution in [0.2, 0.25) is 0 Å². The van der Waals surface area contributed by atoms with Gasteiger partial charge in [0.15, 0.2) is 0 Å². The van der Waals surface area contributed by atoms with E-state index in [4.69, 9.17) is 0 Å². The highest BCUT2D eigenvalue weighted by Gasteiger charge is 2.28. The van der Waals surface area contributed by atoms with Gasteiger partial charge >= 0.3 is 0 Å². The van der Waals surface area contributed by atoms with Gasteiger partial charge in [0.1, 0.15) is 0 Å². The molecule has 8 heteroatoms. The van der Waals surface area contributed by atoms with Crippen LogP contribution in [0.5, 0.6) is 0 Å². The number of thiophene rings is 1. The molecule has 140 valence electrons. The van der Waals surface area contributed by atoms with E-state index in [2.05, 4.69) is 11.6 Å².